The summed E-state index contributed by atoms with van der Waals surface area (Å²) in [5, 5.41) is 0. The highest BCUT2D eigenvalue weighted by molar-refractivity contribution is 5.16. The monoisotopic (exact) mass is 342 g/mol. The van der Waals surface area contributed by atoms with Gasteiger partial charge in [0.1, 0.15) is 0 Å². The number of likely N-dealkylation sites (tertiary alicyclic amines) is 1. The Bertz CT molecular complexity index is 569. The van der Waals surface area contributed by atoms with E-state index in [1.165, 1.54) is 50.8 Å². The summed E-state index contributed by atoms with van der Waals surface area (Å²) in [6.45, 7) is 11.6. The Kier molecular flexibility index (Phi) is 4.91. The average Bonchev–Trinajstić information content (AvgIpc) is 3.31. The third-order valence-electron chi connectivity index (χ3n) is 6.15. The summed E-state index contributed by atoms with van der Waals surface area (Å²) < 4.78 is 6.84. The van der Waals surface area contributed by atoms with E-state index >= 15 is 0 Å². The molecule has 2 heterocycles. The molecule has 1 aromatic rings. The van der Waals surface area contributed by atoms with E-state index in [-0.39, 0.29) is 11.2 Å². The maximum Gasteiger partial charge on any atom is 0.0943 e. The number of ether oxygens (including phenoxy) is 1. The predicted molar refractivity (Wildman–Crippen MR) is 103 cm³/mol. The molecule has 1 aliphatic carbocycles. The molecule has 0 aromatic heterocycles. The zero-order chi connectivity index (χ0) is 17.3. The zero-order valence-electron chi connectivity index (χ0n) is 16.0. The molecular formula is C22H34N2O. The van der Waals surface area contributed by atoms with Crippen molar-refractivity contribution >= 4 is 0 Å². The van der Waals surface area contributed by atoms with Crippen LogP contribution in [0, 0.1) is 5.92 Å². The fraction of sp³-hybridized carbons (Fsp3) is 0.727. The van der Waals surface area contributed by atoms with E-state index in [4.69, 9.17) is 4.74 Å². The minimum absolute atomic E-state index is 0.0682. The molecule has 1 aromatic carbocycles. The molecule has 25 heavy (non-hydrogen) atoms. The van der Waals surface area contributed by atoms with E-state index in [1.54, 1.807) is 0 Å². The first-order valence-corrected chi connectivity index (χ1v) is 10.3. The summed E-state index contributed by atoms with van der Waals surface area (Å²) in [7, 11) is 0. The van der Waals surface area contributed by atoms with Gasteiger partial charge in [-0.05, 0) is 56.7 Å². The molecule has 1 atom stereocenters. The van der Waals surface area contributed by atoms with Gasteiger partial charge in [-0.15, -0.1) is 0 Å². The lowest BCUT2D eigenvalue weighted by Gasteiger charge is -2.51. The molecule has 138 valence electrons. The lowest BCUT2D eigenvalue weighted by atomic mass is 9.89. The Morgan fingerprint density at radius 2 is 1.68 bits per heavy atom. The number of hydrogen-bond acceptors (Lipinski definition) is 3. The first-order chi connectivity index (χ1) is 12.1. The first kappa shape index (κ1) is 17.5. The lowest BCUT2D eigenvalue weighted by molar-refractivity contribution is -0.192. The van der Waals surface area contributed by atoms with Crippen LogP contribution in [0.15, 0.2) is 30.3 Å². The predicted octanol–water partition coefficient (Wildman–Crippen LogP) is 3.93. The van der Waals surface area contributed by atoms with Crippen LogP contribution in [-0.4, -0.2) is 53.7 Å². The smallest absolute Gasteiger partial charge is 0.0943 e. The van der Waals surface area contributed by atoms with Crippen LogP contribution >= 0.6 is 0 Å². The summed E-state index contributed by atoms with van der Waals surface area (Å²) in [6.07, 6.45) is 6.33. The van der Waals surface area contributed by atoms with E-state index < -0.39 is 0 Å². The van der Waals surface area contributed by atoms with Gasteiger partial charge in [0.15, 0.2) is 0 Å². The van der Waals surface area contributed by atoms with Crippen LogP contribution in [0.3, 0.4) is 0 Å². The van der Waals surface area contributed by atoms with E-state index in [9.17, 15) is 0 Å². The first-order valence-electron chi connectivity index (χ1n) is 10.3. The van der Waals surface area contributed by atoms with Crippen molar-refractivity contribution in [2.24, 2.45) is 5.92 Å². The summed E-state index contributed by atoms with van der Waals surface area (Å²) >= 11 is 0. The van der Waals surface area contributed by atoms with Gasteiger partial charge < -0.3 is 9.64 Å². The largest absolute Gasteiger partial charge is 0.365 e. The molecule has 0 bridgehead atoms. The van der Waals surface area contributed by atoms with Gasteiger partial charge in [-0.2, -0.15) is 0 Å². The van der Waals surface area contributed by atoms with Crippen molar-refractivity contribution in [1.82, 2.24) is 9.80 Å². The molecule has 1 saturated carbocycles. The molecule has 0 N–H and O–H groups in total. The lowest BCUT2D eigenvalue weighted by Crippen LogP contribution is -2.62. The highest BCUT2D eigenvalue weighted by Crippen LogP contribution is 2.48. The molecule has 3 heteroatoms. The van der Waals surface area contributed by atoms with Crippen LogP contribution in [0.1, 0.15) is 51.5 Å². The Labute approximate surface area is 153 Å². The molecule has 0 radical (unpaired) electrons. The van der Waals surface area contributed by atoms with E-state index in [2.05, 4.69) is 54.0 Å². The normalized spacial score (nSPS) is 29.6. The standard InChI is InChI=1S/C22H34N2O/c1-19(2)9-14-23-13-6-10-22(17-23)18-24(16-21(25-22)11-12-21)15-20-7-4-3-5-8-20/h3-5,7-8,19H,6,9-18H2,1-2H3. The number of morpholine rings is 1. The Hall–Kier alpha value is -0.900. The van der Waals surface area contributed by atoms with Crippen molar-refractivity contribution in [3.8, 4) is 0 Å². The topological polar surface area (TPSA) is 15.7 Å². The number of hydrogen-bond donors (Lipinski definition) is 0. The highest BCUT2D eigenvalue weighted by atomic mass is 16.5. The summed E-state index contributed by atoms with van der Waals surface area (Å²) in [4.78, 5) is 5.35. The summed E-state index contributed by atoms with van der Waals surface area (Å²) in [5.74, 6) is 0.787. The minimum Gasteiger partial charge on any atom is -0.365 e. The summed E-state index contributed by atoms with van der Waals surface area (Å²) in [5.41, 5.74) is 1.68. The van der Waals surface area contributed by atoms with Gasteiger partial charge in [-0.1, -0.05) is 44.2 Å². The second-order valence-electron chi connectivity index (χ2n) is 9.16. The number of benzene rings is 1. The van der Waals surface area contributed by atoms with Gasteiger partial charge in [0, 0.05) is 26.2 Å². The zero-order valence-corrected chi connectivity index (χ0v) is 16.0. The molecule has 2 spiro atoms. The Morgan fingerprint density at radius 1 is 0.960 bits per heavy atom. The fourth-order valence-corrected chi connectivity index (χ4v) is 4.78. The minimum atomic E-state index is 0.0682. The maximum absolute atomic E-state index is 6.84. The Balaban J connectivity index is 1.45. The van der Waals surface area contributed by atoms with Gasteiger partial charge in [0.25, 0.3) is 0 Å². The van der Waals surface area contributed by atoms with Crippen LogP contribution in [-0.2, 0) is 11.3 Å². The molecule has 2 saturated heterocycles. The second-order valence-corrected chi connectivity index (χ2v) is 9.16. The van der Waals surface area contributed by atoms with Crippen molar-refractivity contribution in [2.45, 2.75) is 63.7 Å². The molecule has 3 fully saturated rings. The molecule has 2 aliphatic heterocycles. The molecule has 4 rings (SSSR count). The van der Waals surface area contributed by atoms with E-state index in [1.807, 2.05) is 0 Å². The molecule has 1 unspecified atom stereocenters. The molecule has 3 aliphatic rings. The maximum atomic E-state index is 6.84. The number of rotatable bonds is 5. The number of piperidine rings is 1. The quantitative estimate of drug-likeness (QED) is 0.806. The third kappa shape index (κ3) is 4.27. The van der Waals surface area contributed by atoms with Gasteiger partial charge in [0.05, 0.1) is 11.2 Å². The number of nitrogens with zero attached hydrogens (tertiary/aromatic N) is 2. The van der Waals surface area contributed by atoms with Crippen LogP contribution in [0.25, 0.3) is 0 Å². The molecular weight excluding hydrogens is 308 g/mol. The Morgan fingerprint density at radius 3 is 2.40 bits per heavy atom. The van der Waals surface area contributed by atoms with Crippen LogP contribution < -0.4 is 0 Å². The van der Waals surface area contributed by atoms with Gasteiger partial charge in [-0.25, -0.2) is 0 Å². The SMILES string of the molecule is CC(C)CCN1CCCC2(C1)CN(Cc1ccccc1)CC1(CC1)O2. The third-order valence-corrected chi connectivity index (χ3v) is 6.15. The van der Waals surface area contributed by atoms with Crippen LogP contribution in [0.2, 0.25) is 0 Å². The van der Waals surface area contributed by atoms with E-state index in [0.717, 1.165) is 32.1 Å². The van der Waals surface area contributed by atoms with Crippen LogP contribution in [0.5, 0.6) is 0 Å². The highest BCUT2D eigenvalue weighted by Gasteiger charge is 2.55. The summed E-state index contributed by atoms with van der Waals surface area (Å²) in [6, 6.07) is 11.0. The second kappa shape index (κ2) is 7.02. The van der Waals surface area contributed by atoms with E-state index in [0.29, 0.717) is 0 Å². The average molecular weight is 343 g/mol. The van der Waals surface area contributed by atoms with Crippen molar-refractivity contribution in [1.29, 1.82) is 0 Å². The van der Waals surface area contributed by atoms with Crippen molar-refractivity contribution in [3.05, 3.63) is 35.9 Å². The van der Waals surface area contributed by atoms with Crippen LogP contribution in [0.4, 0.5) is 0 Å². The fourth-order valence-electron chi connectivity index (χ4n) is 4.78. The van der Waals surface area contributed by atoms with Crippen molar-refractivity contribution in [3.63, 3.8) is 0 Å². The molecule has 0 amide bonds. The van der Waals surface area contributed by atoms with Gasteiger partial charge in [0.2, 0.25) is 0 Å². The molecule has 3 nitrogen and oxygen atoms in total. The van der Waals surface area contributed by atoms with Crippen molar-refractivity contribution in [2.75, 3.05) is 32.7 Å². The van der Waals surface area contributed by atoms with Gasteiger partial charge in [-0.3, -0.25) is 4.90 Å². The van der Waals surface area contributed by atoms with Gasteiger partial charge >= 0.3 is 0 Å². The van der Waals surface area contributed by atoms with Crippen molar-refractivity contribution < 1.29 is 4.74 Å².